The molecule has 4 nitrogen and oxygen atoms in total. The first-order valence-electron chi connectivity index (χ1n) is 5.66. The number of halogens is 2. The number of nitrogens with two attached hydrogens (primary N) is 1. The fraction of sp³-hybridized carbons (Fsp3) is 0.583. The van der Waals surface area contributed by atoms with Crippen molar-refractivity contribution in [2.45, 2.75) is 20.5 Å². The Morgan fingerprint density at radius 3 is 2.56 bits per heavy atom. The van der Waals surface area contributed by atoms with Crippen LogP contribution in [0.3, 0.4) is 0 Å². The predicted molar refractivity (Wildman–Crippen MR) is 67.0 cm³/mol. The lowest BCUT2D eigenvalue weighted by Crippen LogP contribution is -2.37. The first kappa shape index (κ1) is 14.6. The average molecular weight is 259 g/mol. The Hall–Kier alpha value is -1.43. The maximum absolute atomic E-state index is 12.0. The quantitative estimate of drug-likeness (QED) is 0.850. The molecule has 0 saturated heterocycles. The van der Waals surface area contributed by atoms with Gasteiger partial charge in [-0.25, -0.2) is 4.98 Å². The van der Waals surface area contributed by atoms with Crippen molar-refractivity contribution in [2.24, 2.45) is 11.1 Å². The molecule has 1 aromatic rings. The molecule has 0 bridgehead atoms. The molecular weight excluding hydrogens is 240 g/mol. The molecule has 0 unspecified atom stereocenters. The van der Waals surface area contributed by atoms with E-state index in [2.05, 4.69) is 23.6 Å². The lowest BCUT2D eigenvalue weighted by molar-refractivity contribution is -0.0500. The lowest BCUT2D eigenvalue weighted by Gasteiger charge is -2.29. The first-order chi connectivity index (χ1) is 8.34. The minimum Gasteiger partial charge on any atom is -0.433 e. The SMILES string of the molecule is CN(CC(C)(C)CN)c1ccc(OC(F)F)cn1. The Balaban J connectivity index is 2.67. The third kappa shape index (κ3) is 4.44. The lowest BCUT2D eigenvalue weighted by atomic mass is 9.93. The minimum absolute atomic E-state index is 0.0332. The van der Waals surface area contributed by atoms with E-state index >= 15 is 0 Å². The number of ether oxygens (including phenoxy) is 1. The second kappa shape index (κ2) is 5.95. The van der Waals surface area contributed by atoms with Crippen LogP contribution in [0.25, 0.3) is 0 Å². The highest BCUT2D eigenvalue weighted by Crippen LogP contribution is 2.20. The van der Waals surface area contributed by atoms with Crippen molar-refractivity contribution in [3.63, 3.8) is 0 Å². The third-order valence-corrected chi connectivity index (χ3v) is 2.55. The Labute approximate surface area is 106 Å². The molecular formula is C12H19F2N3O. The van der Waals surface area contributed by atoms with Crippen LogP contribution < -0.4 is 15.4 Å². The Kier molecular flexibility index (Phi) is 4.84. The number of hydrogen-bond acceptors (Lipinski definition) is 4. The van der Waals surface area contributed by atoms with Gasteiger partial charge in [0.1, 0.15) is 11.6 Å². The van der Waals surface area contributed by atoms with Crippen LogP contribution in [0.15, 0.2) is 18.3 Å². The zero-order valence-electron chi connectivity index (χ0n) is 10.9. The highest BCUT2D eigenvalue weighted by molar-refractivity contribution is 5.40. The van der Waals surface area contributed by atoms with E-state index < -0.39 is 6.61 Å². The fourth-order valence-electron chi connectivity index (χ4n) is 1.56. The summed E-state index contributed by atoms with van der Waals surface area (Å²) in [6, 6.07) is 3.12. The Morgan fingerprint density at radius 2 is 2.11 bits per heavy atom. The molecule has 0 aromatic carbocycles. The van der Waals surface area contributed by atoms with Crippen LogP contribution >= 0.6 is 0 Å². The van der Waals surface area contributed by atoms with E-state index in [0.29, 0.717) is 12.4 Å². The monoisotopic (exact) mass is 259 g/mol. The van der Waals surface area contributed by atoms with Gasteiger partial charge in [-0.15, -0.1) is 0 Å². The van der Waals surface area contributed by atoms with Crippen molar-refractivity contribution < 1.29 is 13.5 Å². The summed E-state index contributed by atoms with van der Waals surface area (Å²) in [5.74, 6) is 0.748. The van der Waals surface area contributed by atoms with Gasteiger partial charge in [-0.3, -0.25) is 0 Å². The van der Waals surface area contributed by atoms with Crippen LogP contribution in [0, 0.1) is 5.41 Å². The van der Waals surface area contributed by atoms with Crippen molar-refractivity contribution in [2.75, 3.05) is 25.0 Å². The number of anilines is 1. The molecule has 0 radical (unpaired) electrons. The number of rotatable bonds is 6. The van der Waals surface area contributed by atoms with Crippen molar-refractivity contribution in [1.82, 2.24) is 4.98 Å². The standard InChI is InChI=1S/C12H19F2N3O/c1-12(2,7-15)8-17(3)10-5-4-9(6-16-10)18-11(13)14/h4-6,11H,7-8,15H2,1-3H3. The topological polar surface area (TPSA) is 51.4 Å². The fourth-order valence-corrected chi connectivity index (χ4v) is 1.56. The van der Waals surface area contributed by atoms with E-state index in [1.165, 1.54) is 12.3 Å². The predicted octanol–water partition coefficient (Wildman–Crippen LogP) is 2.10. The van der Waals surface area contributed by atoms with Crippen LogP contribution in [0.2, 0.25) is 0 Å². The van der Waals surface area contributed by atoms with E-state index in [-0.39, 0.29) is 11.2 Å². The molecule has 0 saturated carbocycles. The van der Waals surface area contributed by atoms with E-state index in [9.17, 15) is 8.78 Å². The van der Waals surface area contributed by atoms with Gasteiger partial charge in [0.05, 0.1) is 6.20 Å². The zero-order chi connectivity index (χ0) is 13.8. The number of nitrogens with zero attached hydrogens (tertiary/aromatic N) is 2. The van der Waals surface area contributed by atoms with Gasteiger partial charge in [-0.1, -0.05) is 13.8 Å². The van der Waals surface area contributed by atoms with Gasteiger partial charge in [0.2, 0.25) is 0 Å². The molecule has 2 N–H and O–H groups in total. The van der Waals surface area contributed by atoms with Gasteiger partial charge in [-0.05, 0) is 24.1 Å². The van der Waals surface area contributed by atoms with Crippen LogP contribution in [0.5, 0.6) is 5.75 Å². The van der Waals surface area contributed by atoms with Crippen molar-refractivity contribution >= 4 is 5.82 Å². The molecule has 0 amide bonds. The maximum atomic E-state index is 12.0. The van der Waals surface area contributed by atoms with Crippen molar-refractivity contribution in [3.05, 3.63) is 18.3 Å². The number of hydrogen-bond donors (Lipinski definition) is 1. The van der Waals surface area contributed by atoms with Crippen molar-refractivity contribution in [3.8, 4) is 5.75 Å². The second-order valence-corrected chi connectivity index (χ2v) is 4.96. The summed E-state index contributed by atoms with van der Waals surface area (Å²) >= 11 is 0. The van der Waals surface area contributed by atoms with E-state index in [1.54, 1.807) is 6.07 Å². The molecule has 0 aliphatic rings. The van der Waals surface area contributed by atoms with Crippen molar-refractivity contribution in [1.29, 1.82) is 0 Å². The molecule has 1 rings (SSSR count). The first-order valence-corrected chi connectivity index (χ1v) is 5.66. The highest BCUT2D eigenvalue weighted by atomic mass is 19.3. The third-order valence-electron chi connectivity index (χ3n) is 2.55. The van der Waals surface area contributed by atoms with Gasteiger partial charge in [0.15, 0.2) is 0 Å². The summed E-state index contributed by atoms with van der Waals surface area (Å²) in [6.45, 7) is 2.57. The zero-order valence-corrected chi connectivity index (χ0v) is 10.9. The van der Waals surface area contributed by atoms with Crippen LogP contribution in [0.1, 0.15) is 13.8 Å². The molecule has 102 valence electrons. The van der Waals surface area contributed by atoms with Crippen LogP contribution in [-0.4, -0.2) is 31.7 Å². The molecule has 0 spiro atoms. The molecule has 1 aromatic heterocycles. The normalized spacial score (nSPS) is 11.7. The average Bonchev–Trinajstić information content (AvgIpc) is 2.28. The molecule has 0 fully saturated rings. The summed E-state index contributed by atoms with van der Waals surface area (Å²) in [5, 5.41) is 0. The van der Waals surface area contributed by atoms with E-state index in [0.717, 1.165) is 6.54 Å². The maximum Gasteiger partial charge on any atom is 0.387 e. The summed E-state index contributed by atoms with van der Waals surface area (Å²) in [7, 11) is 1.88. The number of pyridine rings is 1. The second-order valence-electron chi connectivity index (χ2n) is 4.96. The molecule has 0 atom stereocenters. The minimum atomic E-state index is -2.83. The molecule has 18 heavy (non-hydrogen) atoms. The van der Waals surface area contributed by atoms with Gasteiger partial charge in [0.25, 0.3) is 0 Å². The van der Waals surface area contributed by atoms with Gasteiger partial charge in [-0.2, -0.15) is 8.78 Å². The van der Waals surface area contributed by atoms with Crippen LogP contribution in [-0.2, 0) is 0 Å². The largest absolute Gasteiger partial charge is 0.433 e. The highest BCUT2D eigenvalue weighted by Gasteiger charge is 2.19. The van der Waals surface area contributed by atoms with Gasteiger partial charge >= 0.3 is 6.61 Å². The smallest absolute Gasteiger partial charge is 0.387 e. The van der Waals surface area contributed by atoms with E-state index in [1.807, 2.05) is 11.9 Å². The summed E-state index contributed by atoms with van der Waals surface area (Å²) in [6.07, 6.45) is 1.29. The summed E-state index contributed by atoms with van der Waals surface area (Å²) in [5.41, 5.74) is 5.63. The number of alkyl halides is 2. The number of aromatic nitrogens is 1. The van der Waals surface area contributed by atoms with Gasteiger partial charge < -0.3 is 15.4 Å². The van der Waals surface area contributed by atoms with E-state index in [4.69, 9.17) is 5.73 Å². The Morgan fingerprint density at radius 1 is 1.44 bits per heavy atom. The van der Waals surface area contributed by atoms with Crippen LogP contribution in [0.4, 0.5) is 14.6 Å². The Bertz CT molecular complexity index is 368. The summed E-state index contributed by atoms with van der Waals surface area (Å²) < 4.78 is 28.2. The molecule has 0 aliphatic heterocycles. The van der Waals surface area contributed by atoms with Gasteiger partial charge in [0, 0.05) is 13.6 Å². The molecule has 6 heteroatoms. The summed E-state index contributed by atoms with van der Waals surface area (Å²) in [4.78, 5) is 6.01. The molecule has 0 aliphatic carbocycles. The molecule has 1 heterocycles.